The van der Waals surface area contributed by atoms with Crippen LogP contribution in [0.1, 0.15) is 48.1 Å². The molecule has 0 fully saturated rings. The molecule has 0 unspecified atom stereocenters. The average molecular weight is 620 g/mol. The third-order valence-electron chi connectivity index (χ3n) is 7.82. The molecule has 0 radical (unpaired) electrons. The van der Waals surface area contributed by atoms with Crippen LogP contribution in [-0.2, 0) is 23.9 Å². The molecule has 2 N–H and O–H groups in total. The minimum absolute atomic E-state index is 0.00800. The van der Waals surface area contributed by atoms with Crippen LogP contribution in [0.15, 0.2) is 82.6 Å². The molecular weight excluding hydrogens is 589 g/mol. The summed E-state index contributed by atoms with van der Waals surface area (Å²) in [5.74, 6) is -5.54. The van der Waals surface area contributed by atoms with Crippen LogP contribution >= 0.6 is 11.3 Å². The van der Waals surface area contributed by atoms with Crippen molar-refractivity contribution in [2.24, 2.45) is 11.7 Å². The highest BCUT2D eigenvalue weighted by Gasteiger charge is 2.51. The first-order valence-electron chi connectivity index (χ1n) is 14.0. The van der Waals surface area contributed by atoms with Crippen LogP contribution in [0.5, 0.6) is 0 Å². The van der Waals surface area contributed by atoms with Crippen molar-refractivity contribution in [2.45, 2.75) is 39.0 Å². The topological polar surface area (TPSA) is 142 Å². The van der Waals surface area contributed by atoms with Gasteiger partial charge < -0.3 is 15.2 Å². The van der Waals surface area contributed by atoms with E-state index in [1.54, 1.807) is 25.7 Å². The number of nitrogens with two attached hydrogens (primary N) is 1. The van der Waals surface area contributed by atoms with Crippen molar-refractivity contribution in [1.82, 2.24) is 0 Å². The lowest BCUT2D eigenvalue weighted by molar-refractivity contribution is -0.384. The summed E-state index contributed by atoms with van der Waals surface area (Å²) >= 11 is 1.39. The monoisotopic (exact) mass is 619 g/mol. The summed E-state index contributed by atoms with van der Waals surface area (Å²) in [6, 6.07) is 13.2. The Bertz CT molecular complexity index is 1700. The Morgan fingerprint density at radius 1 is 1.11 bits per heavy atom. The SMILES string of the molecule is CCOC(=O)C1=C(N)N(c2ccc([N+](=O)[O-])cc2C)C2=C(C(=O)[C@H](C(=O)OCC)[C@H](c3cccs3)C2)[C@H]1c1ccc(F)cc1. The van der Waals surface area contributed by atoms with Crippen molar-refractivity contribution in [1.29, 1.82) is 0 Å². The number of ketones is 1. The zero-order valence-corrected chi connectivity index (χ0v) is 25.1. The van der Waals surface area contributed by atoms with Crippen LogP contribution in [0.25, 0.3) is 0 Å². The largest absolute Gasteiger partial charge is 0.465 e. The first-order valence-corrected chi connectivity index (χ1v) is 14.9. The van der Waals surface area contributed by atoms with Gasteiger partial charge in [0.1, 0.15) is 17.6 Å². The van der Waals surface area contributed by atoms with E-state index in [1.807, 2.05) is 17.5 Å². The number of benzene rings is 2. The summed E-state index contributed by atoms with van der Waals surface area (Å²) in [7, 11) is 0. The zero-order chi connectivity index (χ0) is 31.7. The number of ether oxygens (including phenoxy) is 2. The molecule has 2 aromatic carbocycles. The Morgan fingerprint density at radius 3 is 2.41 bits per heavy atom. The first kappa shape index (κ1) is 30.6. The molecule has 0 saturated heterocycles. The second kappa shape index (κ2) is 12.4. The highest BCUT2D eigenvalue weighted by molar-refractivity contribution is 7.10. The van der Waals surface area contributed by atoms with Crippen molar-refractivity contribution in [3.8, 4) is 0 Å². The lowest BCUT2D eigenvalue weighted by atomic mass is 9.68. The maximum Gasteiger partial charge on any atom is 0.338 e. The van der Waals surface area contributed by atoms with Crippen LogP contribution in [0.2, 0.25) is 0 Å². The fraction of sp³-hybridized carbons (Fsp3) is 0.281. The number of anilines is 1. The van der Waals surface area contributed by atoms with E-state index in [-0.39, 0.29) is 42.3 Å². The minimum atomic E-state index is -1.22. The minimum Gasteiger partial charge on any atom is -0.465 e. The maximum absolute atomic E-state index is 14.7. The van der Waals surface area contributed by atoms with E-state index in [2.05, 4.69) is 0 Å². The van der Waals surface area contributed by atoms with E-state index >= 15 is 0 Å². The molecule has 44 heavy (non-hydrogen) atoms. The average Bonchev–Trinajstić information content (AvgIpc) is 3.52. The van der Waals surface area contributed by atoms with Crippen LogP contribution in [0.3, 0.4) is 0 Å². The van der Waals surface area contributed by atoms with E-state index < -0.39 is 46.2 Å². The number of non-ortho nitro benzene ring substituents is 1. The number of aryl methyl sites for hydroxylation is 1. The number of nitrogens with zero attached hydrogens (tertiary/aromatic N) is 2. The number of carbonyl (C=O) groups excluding carboxylic acids is 3. The van der Waals surface area contributed by atoms with Crippen LogP contribution < -0.4 is 10.6 Å². The predicted octanol–water partition coefficient (Wildman–Crippen LogP) is 5.63. The number of Topliss-reactive ketones (excluding diaryl/α,β-unsaturated/α-hetero) is 1. The van der Waals surface area contributed by atoms with Gasteiger partial charge in [0.05, 0.1) is 35.3 Å². The lowest BCUT2D eigenvalue weighted by Crippen LogP contribution is -2.46. The summed E-state index contributed by atoms with van der Waals surface area (Å²) < 4.78 is 24.9. The Hall–Kier alpha value is -4.84. The molecule has 12 heteroatoms. The van der Waals surface area contributed by atoms with E-state index in [1.165, 1.54) is 53.8 Å². The summed E-state index contributed by atoms with van der Waals surface area (Å²) in [6.07, 6.45) is 0.149. The van der Waals surface area contributed by atoms with Gasteiger partial charge in [0.25, 0.3) is 5.69 Å². The molecule has 1 aromatic heterocycles. The van der Waals surface area contributed by atoms with Gasteiger partial charge in [0, 0.05) is 34.2 Å². The van der Waals surface area contributed by atoms with Gasteiger partial charge in [-0.1, -0.05) is 18.2 Å². The molecular formula is C32H30FN3O7S. The van der Waals surface area contributed by atoms with Crippen LogP contribution in [-0.4, -0.2) is 35.9 Å². The van der Waals surface area contributed by atoms with Crippen LogP contribution in [0.4, 0.5) is 15.8 Å². The number of hydrogen-bond acceptors (Lipinski definition) is 10. The van der Waals surface area contributed by atoms with Crippen LogP contribution in [0, 0.1) is 28.8 Å². The molecule has 0 bridgehead atoms. The van der Waals surface area contributed by atoms with Gasteiger partial charge in [0.2, 0.25) is 0 Å². The van der Waals surface area contributed by atoms with Crippen molar-refractivity contribution >= 4 is 40.4 Å². The number of halogens is 1. The number of rotatable bonds is 8. The van der Waals surface area contributed by atoms with Gasteiger partial charge in [-0.05, 0) is 68.0 Å². The van der Waals surface area contributed by atoms with Crippen molar-refractivity contribution < 1.29 is 33.2 Å². The zero-order valence-electron chi connectivity index (χ0n) is 24.2. The number of hydrogen-bond donors (Lipinski definition) is 1. The van der Waals surface area contributed by atoms with E-state index in [0.717, 1.165) is 4.88 Å². The molecule has 1 aliphatic carbocycles. The number of nitro groups is 1. The first-order chi connectivity index (χ1) is 21.1. The van der Waals surface area contributed by atoms with Gasteiger partial charge in [-0.2, -0.15) is 0 Å². The smallest absolute Gasteiger partial charge is 0.338 e. The predicted molar refractivity (Wildman–Crippen MR) is 161 cm³/mol. The molecule has 0 amide bonds. The summed E-state index contributed by atoms with van der Waals surface area (Å²) in [5.41, 5.74) is 8.43. The summed E-state index contributed by atoms with van der Waals surface area (Å²) in [5, 5.41) is 13.4. The second-order valence-electron chi connectivity index (χ2n) is 10.3. The molecule has 1 aliphatic heterocycles. The fourth-order valence-corrected chi connectivity index (χ4v) is 6.84. The Balaban J connectivity index is 1.83. The molecule has 3 atom stereocenters. The van der Waals surface area contributed by atoms with Gasteiger partial charge >= 0.3 is 11.9 Å². The van der Waals surface area contributed by atoms with Gasteiger partial charge in [-0.3, -0.25) is 24.6 Å². The quantitative estimate of drug-likeness (QED) is 0.147. The Labute approximate surface area is 256 Å². The second-order valence-corrected chi connectivity index (χ2v) is 11.3. The Kier molecular flexibility index (Phi) is 8.63. The summed E-state index contributed by atoms with van der Waals surface area (Å²) in [6.45, 7) is 5.01. The standard InChI is InChI=1S/C32H30FN3O7S/c1-4-42-31(38)26-21(24-7-6-14-44-24)16-23-27(29(26)37)25(18-8-10-19(33)11-9-18)28(32(39)43-5-2)30(34)35(23)22-13-12-20(36(40)41)15-17(22)3/h6-15,21,25-26H,4-5,16,34H2,1-3H3/t21-,25+,26+/m0/s1. The third-order valence-corrected chi connectivity index (χ3v) is 8.82. The molecule has 5 rings (SSSR count). The van der Waals surface area contributed by atoms with E-state index in [0.29, 0.717) is 22.5 Å². The highest BCUT2D eigenvalue weighted by Crippen LogP contribution is 2.52. The molecule has 0 saturated carbocycles. The Morgan fingerprint density at radius 2 is 1.82 bits per heavy atom. The van der Waals surface area contributed by atoms with Crippen molar-refractivity contribution in [3.05, 3.63) is 115 Å². The number of allylic oxidation sites excluding steroid dienone is 2. The maximum atomic E-state index is 14.7. The van der Waals surface area contributed by atoms with Gasteiger partial charge in [-0.15, -0.1) is 11.3 Å². The van der Waals surface area contributed by atoms with Crippen molar-refractivity contribution in [2.75, 3.05) is 18.1 Å². The molecule has 2 heterocycles. The number of thiophene rings is 1. The molecule has 228 valence electrons. The molecule has 10 nitrogen and oxygen atoms in total. The lowest BCUT2D eigenvalue weighted by Gasteiger charge is -2.44. The molecule has 3 aromatic rings. The fourth-order valence-electron chi connectivity index (χ4n) is 5.98. The normalized spacial score (nSPS) is 20.0. The number of nitro benzene ring substituents is 1. The number of esters is 2. The van der Waals surface area contributed by atoms with Crippen molar-refractivity contribution in [3.63, 3.8) is 0 Å². The number of carbonyl (C=O) groups is 3. The summed E-state index contributed by atoms with van der Waals surface area (Å²) in [4.78, 5) is 55.1. The molecule has 2 aliphatic rings. The highest BCUT2D eigenvalue weighted by atomic mass is 32.1. The van der Waals surface area contributed by atoms with E-state index in [4.69, 9.17) is 15.2 Å². The van der Waals surface area contributed by atoms with E-state index in [9.17, 15) is 28.9 Å². The van der Waals surface area contributed by atoms with Gasteiger partial charge in [-0.25, -0.2) is 9.18 Å². The third kappa shape index (κ3) is 5.37. The van der Waals surface area contributed by atoms with Gasteiger partial charge in [0.15, 0.2) is 5.78 Å². The molecule has 0 spiro atoms.